The Hall–Kier alpha value is -1.68. The standard InChI is InChI=1S/C29H41NSSi/c1-8-10-11-12-15-22(29(9-2)32(5,6)7)19-26(30-4)24-20-25-23-16-13-14-17-27(23)31-28(25)18-21(24)3/h9,13-14,16-20,26,30H,8,10-12,15H2,1-7H3/b22-19-,29-9+. The second-order valence-electron chi connectivity index (χ2n) is 10.0. The molecule has 1 nitrogen and oxygen atoms in total. The Morgan fingerprint density at radius 1 is 1.03 bits per heavy atom. The normalized spacial score (nSPS) is 14.5. The van der Waals surface area contributed by atoms with Crippen molar-refractivity contribution in [1.82, 2.24) is 5.32 Å². The van der Waals surface area contributed by atoms with Crippen molar-refractivity contribution in [2.75, 3.05) is 7.05 Å². The minimum Gasteiger partial charge on any atom is -0.310 e. The Balaban J connectivity index is 2.06. The molecule has 1 unspecified atom stereocenters. The van der Waals surface area contributed by atoms with E-state index in [9.17, 15) is 0 Å². The van der Waals surface area contributed by atoms with Gasteiger partial charge in [-0.05, 0) is 63.1 Å². The molecule has 32 heavy (non-hydrogen) atoms. The zero-order valence-corrected chi connectivity index (χ0v) is 23.0. The monoisotopic (exact) mass is 463 g/mol. The number of hydrogen-bond acceptors (Lipinski definition) is 2. The fourth-order valence-electron chi connectivity index (χ4n) is 4.90. The maximum atomic E-state index is 3.64. The average Bonchev–Trinajstić information content (AvgIpc) is 3.10. The predicted molar refractivity (Wildman–Crippen MR) is 150 cm³/mol. The molecule has 0 saturated heterocycles. The van der Waals surface area contributed by atoms with Crippen molar-refractivity contribution in [3.05, 3.63) is 70.4 Å². The van der Waals surface area contributed by atoms with Crippen molar-refractivity contribution in [1.29, 1.82) is 0 Å². The lowest BCUT2D eigenvalue weighted by Crippen LogP contribution is -2.26. The molecule has 0 bridgehead atoms. The van der Waals surface area contributed by atoms with Gasteiger partial charge >= 0.3 is 0 Å². The van der Waals surface area contributed by atoms with Crippen molar-refractivity contribution in [3.63, 3.8) is 0 Å². The average molecular weight is 464 g/mol. The van der Waals surface area contributed by atoms with Gasteiger partial charge < -0.3 is 5.32 Å². The van der Waals surface area contributed by atoms with Gasteiger partial charge in [-0.1, -0.05) is 86.9 Å². The summed E-state index contributed by atoms with van der Waals surface area (Å²) in [4.78, 5) is 0. The van der Waals surface area contributed by atoms with Crippen molar-refractivity contribution in [3.8, 4) is 0 Å². The van der Waals surface area contributed by atoms with Crippen LogP contribution in [-0.2, 0) is 0 Å². The van der Waals surface area contributed by atoms with Crippen LogP contribution in [0.15, 0.2) is 59.3 Å². The van der Waals surface area contributed by atoms with Gasteiger partial charge in [0.2, 0.25) is 0 Å². The van der Waals surface area contributed by atoms with Crippen LogP contribution in [-0.4, -0.2) is 15.1 Å². The molecule has 0 aliphatic carbocycles. The summed E-state index contributed by atoms with van der Waals surface area (Å²) in [7, 11) is 0.691. The van der Waals surface area contributed by atoms with Gasteiger partial charge in [0.15, 0.2) is 0 Å². The second kappa shape index (κ2) is 11.0. The molecule has 0 fully saturated rings. The number of likely N-dealkylation sites (N-methyl/N-ethyl adjacent to an activating group) is 1. The zero-order chi connectivity index (χ0) is 23.3. The molecule has 1 atom stereocenters. The molecule has 0 spiro atoms. The highest BCUT2D eigenvalue weighted by atomic mass is 32.1. The summed E-state index contributed by atoms with van der Waals surface area (Å²) in [5.41, 5.74) is 4.34. The van der Waals surface area contributed by atoms with Crippen LogP contribution in [0.25, 0.3) is 20.2 Å². The molecular formula is C29H41NSSi. The summed E-state index contributed by atoms with van der Waals surface area (Å²) in [6.45, 7) is 14.2. The van der Waals surface area contributed by atoms with Crippen LogP contribution in [0, 0.1) is 6.92 Å². The predicted octanol–water partition coefficient (Wildman–Crippen LogP) is 9.34. The third-order valence-electron chi connectivity index (χ3n) is 6.52. The fraction of sp³-hybridized carbons (Fsp3) is 0.448. The maximum absolute atomic E-state index is 3.64. The second-order valence-corrected chi connectivity index (χ2v) is 16.1. The molecule has 1 heterocycles. The summed E-state index contributed by atoms with van der Waals surface area (Å²) in [5, 5.41) is 8.03. The van der Waals surface area contributed by atoms with E-state index in [2.05, 4.69) is 101 Å². The first-order valence-electron chi connectivity index (χ1n) is 12.3. The van der Waals surface area contributed by atoms with E-state index in [0.29, 0.717) is 0 Å². The van der Waals surface area contributed by atoms with Crippen LogP contribution in [0.4, 0.5) is 0 Å². The van der Waals surface area contributed by atoms with Gasteiger partial charge in [-0.2, -0.15) is 0 Å². The van der Waals surface area contributed by atoms with E-state index in [0.717, 1.165) is 0 Å². The van der Waals surface area contributed by atoms with Crippen molar-refractivity contribution in [2.45, 2.75) is 78.6 Å². The zero-order valence-electron chi connectivity index (χ0n) is 21.1. The number of aryl methyl sites for hydroxylation is 1. The first-order chi connectivity index (χ1) is 15.3. The Morgan fingerprint density at radius 3 is 2.44 bits per heavy atom. The molecule has 0 aliphatic heterocycles. The highest BCUT2D eigenvalue weighted by molar-refractivity contribution is 7.25. The topological polar surface area (TPSA) is 12.0 Å². The highest BCUT2D eigenvalue weighted by Crippen LogP contribution is 2.37. The van der Waals surface area contributed by atoms with Crippen LogP contribution < -0.4 is 5.32 Å². The van der Waals surface area contributed by atoms with Gasteiger partial charge in [0, 0.05) is 20.2 Å². The Morgan fingerprint density at radius 2 is 1.78 bits per heavy atom. The molecule has 2 aromatic carbocycles. The molecule has 0 radical (unpaired) electrons. The molecule has 1 N–H and O–H groups in total. The van der Waals surface area contributed by atoms with Gasteiger partial charge in [-0.3, -0.25) is 0 Å². The van der Waals surface area contributed by atoms with Crippen molar-refractivity contribution in [2.24, 2.45) is 0 Å². The van der Waals surface area contributed by atoms with Crippen LogP contribution in [0.3, 0.4) is 0 Å². The van der Waals surface area contributed by atoms with E-state index in [4.69, 9.17) is 0 Å². The fourth-order valence-corrected chi connectivity index (χ4v) is 8.13. The smallest absolute Gasteiger partial charge is 0.0775 e. The molecular weight excluding hydrogens is 422 g/mol. The number of rotatable bonds is 10. The quantitative estimate of drug-likeness (QED) is 0.179. The molecule has 0 amide bonds. The van der Waals surface area contributed by atoms with Crippen LogP contribution in [0.1, 0.15) is 63.1 Å². The molecule has 3 heteroatoms. The molecule has 3 rings (SSSR count). The summed E-state index contributed by atoms with van der Waals surface area (Å²) in [5.74, 6) is 0. The van der Waals surface area contributed by atoms with Crippen molar-refractivity contribution < 1.29 is 0 Å². The summed E-state index contributed by atoms with van der Waals surface area (Å²) >= 11 is 1.91. The van der Waals surface area contributed by atoms with E-state index in [1.807, 2.05) is 11.3 Å². The Bertz CT molecular complexity index is 1110. The minimum atomic E-state index is -1.41. The lowest BCUT2D eigenvalue weighted by molar-refractivity contribution is 0.658. The summed E-state index contributed by atoms with van der Waals surface area (Å²) in [6.07, 6.45) is 11.4. The Labute approximate surface area is 200 Å². The SMILES string of the molecule is C/C=C(\C(=C/C(NC)c1cc2c(cc1C)sc1ccccc12)CCCCCC)[Si](C)(C)C. The van der Waals surface area contributed by atoms with Gasteiger partial charge in [-0.25, -0.2) is 0 Å². The van der Waals surface area contributed by atoms with E-state index in [1.165, 1.54) is 63.4 Å². The largest absolute Gasteiger partial charge is 0.310 e. The van der Waals surface area contributed by atoms with Gasteiger partial charge in [0.25, 0.3) is 0 Å². The summed E-state index contributed by atoms with van der Waals surface area (Å²) in [6, 6.07) is 13.9. The van der Waals surface area contributed by atoms with E-state index in [-0.39, 0.29) is 6.04 Å². The number of benzene rings is 2. The number of thiophene rings is 1. The molecule has 0 aliphatic rings. The van der Waals surface area contributed by atoms with Gasteiger partial charge in [0.05, 0.1) is 14.1 Å². The van der Waals surface area contributed by atoms with Crippen molar-refractivity contribution >= 4 is 39.6 Å². The first-order valence-corrected chi connectivity index (χ1v) is 16.6. The van der Waals surface area contributed by atoms with Gasteiger partial charge in [-0.15, -0.1) is 11.3 Å². The van der Waals surface area contributed by atoms with Crippen LogP contribution >= 0.6 is 11.3 Å². The lowest BCUT2D eigenvalue weighted by atomic mass is 9.95. The molecule has 0 saturated carbocycles. The number of fused-ring (bicyclic) bond motifs is 3. The number of unbranched alkanes of at least 4 members (excludes halogenated alkanes) is 3. The van der Waals surface area contributed by atoms with E-state index in [1.54, 1.807) is 10.8 Å². The third kappa shape index (κ3) is 5.62. The number of hydrogen-bond donors (Lipinski definition) is 1. The highest BCUT2D eigenvalue weighted by Gasteiger charge is 2.23. The minimum absolute atomic E-state index is 0.227. The lowest BCUT2D eigenvalue weighted by Gasteiger charge is -2.26. The van der Waals surface area contributed by atoms with Crippen LogP contribution in [0.2, 0.25) is 19.6 Å². The molecule has 172 valence electrons. The molecule has 1 aromatic heterocycles. The molecule has 3 aromatic rings. The number of allylic oxidation sites excluding steroid dienone is 3. The maximum Gasteiger partial charge on any atom is 0.0775 e. The van der Waals surface area contributed by atoms with E-state index >= 15 is 0 Å². The van der Waals surface area contributed by atoms with Gasteiger partial charge in [0.1, 0.15) is 0 Å². The first kappa shape index (κ1) is 24.9. The number of nitrogens with one attached hydrogen (secondary N) is 1. The Kier molecular flexibility index (Phi) is 8.54. The van der Waals surface area contributed by atoms with Crippen LogP contribution in [0.5, 0.6) is 0 Å². The summed E-state index contributed by atoms with van der Waals surface area (Å²) < 4.78 is 2.77. The third-order valence-corrected chi connectivity index (χ3v) is 9.88. The van der Waals surface area contributed by atoms with E-state index < -0.39 is 8.07 Å².